The van der Waals surface area contributed by atoms with Gasteiger partial charge in [0, 0.05) is 83.5 Å². The summed E-state index contributed by atoms with van der Waals surface area (Å²) in [6.45, 7) is 15.0. The number of sulfonamides is 2. The number of rotatable bonds is 11. The van der Waals surface area contributed by atoms with E-state index in [1.54, 1.807) is 109 Å². The van der Waals surface area contributed by atoms with E-state index in [1.807, 2.05) is 0 Å². The van der Waals surface area contributed by atoms with Crippen molar-refractivity contribution in [3.63, 3.8) is 0 Å². The first kappa shape index (κ1) is 52.8. The van der Waals surface area contributed by atoms with Crippen molar-refractivity contribution in [3.8, 4) is 31.6 Å². The van der Waals surface area contributed by atoms with Crippen LogP contribution in [-0.2, 0) is 29.6 Å². The molecule has 0 atom stereocenters. The Labute approximate surface area is 398 Å². The fourth-order valence-electron chi connectivity index (χ4n) is 5.69. The molecule has 350 valence electrons. The van der Waals surface area contributed by atoms with Gasteiger partial charge in [-0.15, -0.1) is 22.7 Å². The number of carbonyl (C=O) groups excluding carboxylic acids is 2. The van der Waals surface area contributed by atoms with Crippen molar-refractivity contribution in [1.82, 2.24) is 19.4 Å². The summed E-state index contributed by atoms with van der Waals surface area (Å²) in [4.78, 5) is 52.2. The summed E-state index contributed by atoms with van der Waals surface area (Å²) in [6, 6.07) is 21.8. The molecule has 0 aliphatic rings. The molecule has 4 aromatic carbocycles. The highest BCUT2D eigenvalue weighted by Crippen LogP contribution is 2.37. The van der Waals surface area contributed by atoms with Crippen LogP contribution in [0.4, 0.5) is 22.7 Å². The molecule has 0 aliphatic carbocycles. The number of hydrogen-bond acceptors (Lipinski definition) is 14. The number of nitro benzene ring substituents is 2. The molecule has 0 saturated heterocycles. The van der Waals surface area contributed by atoms with E-state index in [2.05, 4.69) is 46.0 Å². The summed E-state index contributed by atoms with van der Waals surface area (Å²) in [6.07, 6.45) is 3.27. The minimum Gasteiger partial charge on any atom is -0.326 e. The van der Waals surface area contributed by atoms with E-state index < -0.39 is 41.0 Å². The van der Waals surface area contributed by atoms with Crippen LogP contribution in [-0.4, -0.2) is 59.5 Å². The minimum absolute atomic E-state index is 0.0116. The number of amides is 2. The van der Waals surface area contributed by atoms with Crippen LogP contribution in [0.1, 0.15) is 61.0 Å². The average molecular weight is 1040 g/mol. The van der Waals surface area contributed by atoms with Crippen LogP contribution in [0.15, 0.2) is 111 Å². The standard InChI is InChI=1S/C21H22N4O5S2.C13H20N2O3S.C9H5BrN2O2S/c1-13(26)23-15-7-10-17(19(11-15)32(29,30)24-21(2,3)4)18-12-22-20(31-18)14-5-8-16(9-6-14)25(27)28;1-9-6-7-11(14-10(2)16)8-12(9)19(17,18)15-13(3,4)5;10-8-5-11-9(15-8)6-1-3-7(4-2-6)12(13)14/h5-12,24H,1-4H3,(H,23,26);6-8,15H,1-5H3,(H,14,16);1-5H. The third-order valence-corrected chi connectivity index (χ3v) is 14.5. The molecule has 23 heteroatoms. The van der Waals surface area contributed by atoms with Gasteiger partial charge in [-0.1, -0.05) is 12.1 Å². The van der Waals surface area contributed by atoms with Crippen LogP contribution in [0.3, 0.4) is 0 Å². The number of non-ortho nitro benzene ring substituents is 2. The van der Waals surface area contributed by atoms with Gasteiger partial charge in [0.2, 0.25) is 31.9 Å². The smallest absolute Gasteiger partial charge is 0.269 e. The topological polar surface area (TPSA) is 263 Å². The summed E-state index contributed by atoms with van der Waals surface area (Å²) in [7, 11) is -7.53. The molecule has 18 nitrogen and oxygen atoms in total. The number of thiazole rings is 2. The molecule has 66 heavy (non-hydrogen) atoms. The summed E-state index contributed by atoms with van der Waals surface area (Å²) < 4.78 is 57.0. The minimum atomic E-state index is -3.92. The van der Waals surface area contributed by atoms with E-state index in [-0.39, 0.29) is 33.0 Å². The van der Waals surface area contributed by atoms with Gasteiger partial charge in [0.05, 0.1) is 34.5 Å². The van der Waals surface area contributed by atoms with Crippen LogP contribution < -0.4 is 20.1 Å². The number of benzene rings is 4. The highest BCUT2D eigenvalue weighted by atomic mass is 79.9. The van der Waals surface area contributed by atoms with Crippen molar-refractivity contribution in [2.45, 2.75) is 83.2 Å². The Balaban J connectivity index is 0.000000237. The molecule has 0 bridgehead atoms. The molecule has 0 fully saturated rings. The highest BCUT2D eigenvalue weighted by Gasteiger charge is 2.27. The summed E-state index contributed by atoms with van der Waals surface area (Å²) >= 11 is 6.07. The van der Waals surface area contributed by atoms with E-state index in [0.29, 0.717) is 37.9 Å². The van der Waals surface area contributed by atoms with Gasteiger partial charge in [0.15, 0.2) is 0 Å². The molecule has 2 heterocycles. The summed E-state index contributed by atoms with van der Waals surface area (Å²) in [5.74, 6) is -0.556. The van der Waals surface area contributed by atoms with E-state index in [4.69, 9.17) is 0 Å². The lowest BCUT2D eigenvalue weighted by atomic mass is 10.1. The molecule has 0 saturated carbocycles. The van der Waals surface area contributed by atoms with Crippen LogP contribution in [0.25, 0.3) is 31.6 Å². The molecule has 0 unspecified atom stereocenters. The Morgan fingerprint density at radius 2 is 1.03 bits per heavy atom. The maximum absolute atomic E-state index is 13.2. The van der Waals surface area contributed by atoms with Gasteiger partial charge in [-0.3, -0.25) is 29.8 Å². The van der Waals surface area contributed by atoms with Crippen LogP contribution in [0, 0.1) is 27.2 Å². The second-order valence-electron chi connectivity index (χ2n) is 16.4. The SMILES string of the molecule is CC(=O)Nc1ccc(-c2cnc(-c3ccc([N+](=O)[O-])cc3)s2)c(S(=O)(=O)NC(C)(C)C)c1.CC(=O)Nc1ccc(C)c(S(=O)(=O)NC(C)(C)C)c1.O=[N+]([O-])c1ccc(-c2ncc(Br)s2)cc1. The molecule has 0 aliphatic heterocycles. The van der Waals surface area contributed by atoms with E-state index in [1.165, 1.54) is 72.9 Å². The molecule has 4 N–H and O–H groups in total. The Morgan fingerprint density at radius 3 is 1.44 bits per heavy atom. The number of carbonyl (C=O) groups is 2. The third-order valence-electron chi connectivity index (χ3n) is 8.17. The number of aromatic nitrogens is 2. The monoisotopic (exact) mass is 1040 g/mol. The number of nitro groups is 2. The fraction of sp³-hybridized carbons (Fsp3) is 0.256. The van der Waals surface area contributed by atoms with Crippen molar-refractivity contribution in [3.05, 3.63) is 127 Å². The van der Waals surface area contributed by atoms with Gasteiger partial charge in [-0.05, 0) is 118 Å². The predicted octanol–water partition coefficient (Wildman–Crippen LogP) is 9.93. The average Bonchev–Trinajstić information content (AvgIpc) is 3.87. The Hall–Kier alpha value is -5.82. The molecular weight excluding hydrogens is 997 g/mol. The first-order valence-electron chi connectivity index (χ1n) is 19.5. The number of nitrogens with zero attached hydrogens (tertiary/aromatic N) is 4. The van der Waals surface area contributed by atoms with E-state index >= 15 is 0 Å². The molecule has 2 aromatic heterocycles. The number of hydrogen-bond donors (Lipinski definition) is 4. The molecule has 6 rings (SSSR count). The van der Waals surface area contributed by atoms with Gasteiger partial charge in [0.25, 0.3) is 11.4 Å². The first-order chi connectivity index (χ1) is 30.5. The molecule has 0 radical (unpaired) electrons. The van der Waals surface area contributed by atoms with Crippen molar-refractivity contribution in [2.75, 3.05) is 10.6 Å². The largest absolute Gasteiger partial charge is 0.326 e. The van der Waals surface area contributed by atoms with Gasteiger partial charge < -0.3 is 10.6 Å². The Bertz CT molecular complexity index is 2960. The maximum atomic E-state index is 13.2. The van der Waals surface area contributed by atoms with Gasteiger partial charge in [-0.25, -0.2) is 36.2 Å². The van der Waals surface area contributed by atoms with Gasteiger partial charge in [0.1, 0.15) is 10.0 Å². The maximum Gasteiger partial charge on any atom is 0.269 e. The number of halogens is 1. The predicted molar refractivity (Wildman–Crippen MR) is 261 cm³/mol. The normalized spacial score (nSPS) is 11.6. The van der Waals surface area contributed by atoms with Crippen LogP contribution in [0.5, 0.6) is 0 Å². The number of nitrogens with one attached hydrogen (secondary N) is 4. The van der Waals surface area contributed by atoms with Crippen LogP contribution >= 0.6 is 38.6 Å². The Morgan fingerprint density at radius 1 is 0.621 bits per heavy atom. The summed E-state index contributed by atoms with van der Waals surface area (Å²) in [5, 5.41) is 27.9. The van der Waals surface area contributed by atoms with Gasteiger partial charge >= 0.3 is 0 Å². The molecule has 2 amide bonds. The molecule has 0 spiro atoms. The zero-order valence-corrected chi connectivity index (χ0v) is 42.0. The van der Waals surface area contributed by atoms with Gasteiger partial charge in [-0.2, -0.15) is 0 Å². The Kier molecular flexibility index (Phi) is 17.3. The number of aryl methyl sites for hydroxylation is 1. The lowest BCUT2D eigenvalue weighted by molar-refractivity contribution is -0.385. The fourth-order valence-corrected chi connectivity index (χ4v) is 11.3. The first-order valence-corrected chi connectivity index (χ1v) is 24.9. The van der Waals surface area contributed by atoms with Crippen molar-refractivity contribution in [2.24, 2.45) is 0 Å². The quantitative estimate of drug-likeness (QED) is 0.0698. The lowest BCUT2D eigenvalue weighted by Gasteiger charge is -2.22. The molecule has 6 aromatic rings. The van der Waals surface area contributed by atoms with E-state index in [0.717, 1.165) is 14.4 Å². The van der Waals surface area contributed by atoms with Crippen molar-refractivity contribution in [1.29, 1.82) is 0 Å². The zero-order chi connectivity index (χ0) is 49.4. The highest BCUT2D eigenvalue weighted by molar-refractivity contribution is 9.11. The van der Waals surface area contributed by atoms with Crippen molar-refractivity contribution < 1.29 is 36.3 Å². The second kappa shape index (κ2) is 21.7. The zero-order valence-electron chi connectivity index (χ0n) is 37.1. The van der Waals surface area contributed by atoms with E-state index in [9.17, 15) is 46.7 Å². The third kappa shape index (κ3) is 15.7. The van der Waals surface area contributed by atoms with Crippen molar-refractivity contribution >= 4 is 93.2 Å². The lowest BCUT2D eigenvalue weighted by Crippen LogP contribution is -2.40. The second-order valence-corrected chi connectivity index (χ2v) is 23.1. The van der Waals surface area contributed by atoms with Crippen LogP contribution in [0.2, 0.25) is 0 Å². The molecular formula is C43H47BrN8O10S4. The summed E-state index contributed by atoms with van der Waals surface area (Å²) in [5.41, 5.74) is 2.24. The number of anilines is 2.